The highest BCUT2D eigenvalue weighted by Gasteiger charge is 2.57. The average Bonchev–Trinajstić information content (AvgIpc) is 2.68. The Morgan fingerprint density at radius 1 is 0.688 bits per heavy atom. The molecular formula is C14H24Cl2. The molecule has 0 radical (unpaired) electrons. The summed E-state index contributed by atoms with van der Waals surface area (Å²) < 4.78 is -0.531. The highest BCUT2D eigenvalue weighted by Crippen LogP contribution is 2.63. The quantitative estimate of drug-likeness (QED) is 0.559. The van der Waals surface area contributed by atoms with Crippen LogP contribution in [0.25, 0.3) is 0 Å². The van der Waals surface area contributed by atoms with E-state index >= 15 is 0 Å². The van der Waals surface area contributed by atoms with Crippen LogP contribution in [0.4, 0.5) is 0 Å². The molecule has 0 aromatic rings. The van der Waals surface area contributed by atoms with Crippen LogP contribution in [0, 0.1) is 10.8 Å². The van der Waals surface area contributed by atoms with Crippen molar-refractivity contribution < 1.29 is 0 Å². The van der Waals surface area contributed by atoms with Gasteiger partial charge in [0.1, 0.15) is 4.33 Å². The fourth-order valence-electron chi connectivity index (χ4n) is 3.84. The SMILES string of the molecule is CC1(C(Cl)(Cl)C2(C)CCCC2)CCCCC1. The third-order valence-electron chi connectivity index (χ3n) is 5.18. The fourth-order valence-corrected chi connectivity index (χ4v) is 4.60. The van der Waals surface area contributed by atoms with E-state index < -0.39 is 4.33 Å². The van der Waals surface area contributed by atoms with E-state index in [-0.39, 0.29) is 10.8 Å². The van der Waals surface area contributed by atoms with Crippen molar-refractivity contribution in [2.45, 2.75) is 76.0 Å². The number of hydrogen-bond acceptors (Lipinski definition) is 0. The maximum Gasteiger partial charge on any atom is 0.128 e. The van der Waals surface area contributed by atoms with Crippen LogP contribution < -0.4 is 0 Å². The molecule has 0 atom stereocenters. The topological polar surface area (TPSA) is 0 Å². The summed E-state index contributed by atoms with van der Waals surface area (Å²) in [5, 5.41) is 0. The minimum atomic E-state index is -0.531. The van der Waals surface area contributed by atoms with E-state index in [9.17, 15) is 0 Å². The van der Waals surface area contributed by atoms with Crippen LogP contribution >= 0.6 is 23.2 Å². The molecule has 0 amide bonds. The standard InChI is InChI=1S/C14H24Cl2/c1-12(8-4-3-5-9-12)14(15,16)13(2)10-6-7-11-13/h3-11H2,1-2H3. The molecule has 0 N–H and O–H groups in total. The maximum atomic E-state index is 6.87. The van der Waals surface area contributed by atoms with Gasteiger partial charge < -0.3 is 0 Å². The number of alkyl halides is 2. The average molecular weight is 263 g/mol. The molecule has 0 unspecified atom stereocenters. The van der Waals surface area contributed by atoms with Crippen molar-refractivity contribution in [3.63, 3.8) is 0 Å². The first-order valence-corrected chi connectivity index (χ1v) is 7.55. The number of rotatable bonds is 2. The monoisotopic (exact) mass is 262 g/mol. The van der Waals surface area contributed by atoms with E-state index in [2.05, 4.69) is 13.8 Å². The van der Waals surface area contributed by atoms with Crippen LogP contribution in [0.15, 0.2) is 0 Å². The summed E-state index contributed by atoms with van der Waals surface area (Å²) in [4.78, 5) is 0. The highest BCUT2D eigenvalue weighted by molar-refractivity contribution is 6.49. The van der Waals surface area contributed by atoms with E-state index in [0.29, 0.717) is 0 Å². The Kier molecular flexibility index (Phi) is 3.54. The highest BCUT2D eigenvalue weighted by atomic mass is 35.5. The van der Waals surface area contributed by atoms with Gasteiger partial charge in [0.15, 0.2) is 0 Å². The maximum absolute atomic E-state index is 6.87. The normalized spacial score (nSPS) is 29.2. The van der Waals surface area contributed by atoms with Crippen LogP contribution in [0.1, 0.15) is 71.6 Å². The lowest BCUT2D eigenvalue weighted by Crippen LogP contribution is -2.49. The Hall–Kier alpha value is 0.580. The zero-order valence-electron chi connectivity index (χ0n) is 10.6. The lowest BCUT2D eigenvalue weighted by Gasteiger charge is -2.51. The number of hydrogen-bond donors (Lipinski definition) is 0. The third kappa shape index (κ3) is 1.90. The minimum absolute atomic E-state index is 0.132. The number of halogens is 2. The first-order valence-electron chi connectivity index (χ1n) is 6.79. The Labute approximate surface area is 110 Å². The van der Waals surface area contributed by atoms with Crippen molar-refractivity contribution in [1.82, 2.24) is 0 Å². The van der Waals surface area contributed by atoms with Crippen LogP contribution in [0.2, 0.25) is 0 Å². The van der Waals surface area contributed by atoms with Gasteiger partial charge in [-0.05, 0) is 25.7 Å². The van der Waals surface area contributed by atoms with Gasteiger partial charge in [-0.3, -0.25) is 0 Å². The molecule has 0 spiro atoms. The van der Waals surface area contributed by atoms with Gasteiger partial charge in [-0.25, -0.2) is 0 Å². The Morgan fingerprint density at radius 3 is 1.38 bits per heavy atom. The predicted molar refractivity (Wildman–Crippen MR) is 72.2 cm³/mol. The summed E-state index contributed by atoms with van der Waals surface area (Å²) in [6.45, 7) is 4.62. The lowest BCUT2D eigenvalue weighted by molar-refractivity contribution is 0.0978. The zero-order chi connectivity index (χ0) is 11.9. The summed E-state index contributed by atoms with van der Waals surface area (Å²) in [6, 6.07) is 0. The second-order valence-electron chi connectivity index (χ2n) is 6.46. The molecule has 0 aliphatic heterocycles. The van der Waals surface area contributed by atoms with E-state index in [1.54, 1.807) is 0 Å². The van der Waals surface area contributed by atoms with Gasteiger partial charge in [-0.1, -0.05) is 46.0 Å². The Morgan fingerprint density at radius 2 is 1.00 bits per heavy atom. The van der Waals surface area contributed by atoms with E-state index in [0.717, 1.165) is 0 Å². The first kappa shape index (κ1) is 13.0. The molecule has 0 nitrogen and oxygen atoms in total. The van der Waals surface area contributed by atoms with Gasteiger partial charge in [0.25, 0.3) is 0 Å². The van der Waals surface area contributed by atoms with Gasteiger partial charge in [0, 0.05) is 10.8 Å². The molecule has 0 heterocycles. The molecule has 0 bridgehead atoms. The van der Waals surface area contributed by atoms with Gasteiger partial charge in [-0.2, -0.15) is 0 Å². The molecule has 94 valence electrons. The van der Waals surface area contributed by atoms with Crippen molar-refractivity contribution in [2.24, 2.45) is 10.8 Å². The molecule has 0 aromatic carbocycles. The summed E-state index contributed by atoms with van der Waals surface area (Å²) in [5.41, 5.74) is 0.273. The van der Waals surface area contributed by atoms with Crippen molar-refractivity contribution in [3.05, 3.63) is 0 Å². The van der Waals surface area contributed by atoms with Crippen LogP contribution in [0.5, 0.6) is 0 Å². The molecule has 2 rings (SSSR count). The molecule has 2 saturated carbocycles. The summed E-state index contributed by atoms with van der Waals surface area (Å²) in [6.07, 6.45) is 11.4. The summed E-state index contributed by atoms with van der Waals surface area (Å²) >= 11 is 13.7. The molecule has 2 aliphatic rings. The minimum Gasteiger partial charge on any atom is -0.100 e. The van der Waals surface area contributed by atoms with Crippen LogP contribution in [-0.2, 0) is 0 Å². The largest absolute Gasteiger partial charge is 0.128 e. The summed E-state index contributed by atoms with van der Waals surface area (Å²) in [5.74, 6) is 0. The zero-order valence-corrected chi connectivity index (χ0v) is 12.1. The second-order valence-corrected chi connectivity index (χ2v) is 7.79. The van der Waals surface area contributed by atoms with E-state index in [4.69, 9.17) is 23.2 Å². The first-order chi connectivity index (χ1) is 7.41. The van der Waals surface area contributed by atoms with Crippen molar-refractivity contribution >= 4 is 23.2 Å². The molecule has 16 heavy (non-hydrogen) atoms. The molecule has 0 aromatic heterocycles. The summed E-state index contributed by atoms with van der Waals surface area (Å²) in [7, 11) is 0. The molecule has 0 saturated heterocycles. The predicted octanol–water partition coefficient (Wildman–Crippen LogP) is 5.71. The van der Waals surface area contributed by atoms with Gasteiger partial charge in [-0.15, -0.1) is 23.2 Å². The fraction of sp³-hybridized carbons (Fsp3) is 1.00. The smallest absolute Gasteiger partial charge is 0.100 e. The van der Waals surface area contributed by atoms with Crippen LogP contribution in [0.3, 0.4) is 0 Å². The molecule has 2 aliphatic carbocycles. The Balaban J connectivity index is 2.22. The van der Waals surface area contributed by atoms with Gasteiger partial charge in [0.05, 0.1) is 0 Å². The van der Waals surface area contributed by atoms with E-state index in [1.807, 2.05) is 0 Å². The van der Waals surface area contributed by atoms with Gasteiger partial charge >= 0.3 is 0 Å². The Bertz CT molecular complexity index is 245. The van der Waals surface area contributed by atoms with Crippen molar-refractivity contribution in [1.29, 1.82) is 0 Å². The third-order valence-corrected chi connectivity index (χ3v) is 7.01. The van der Waals surface area contributed by atoms with E-state index in [1.165, 1.54) is 57.8 Å². The second kappa shape index (κ2) is 4.35. The van der Waals surface area contributed by atoms with Crippen molar-refractivity contribution in [2.75, 3.05) is 0 Å². The van der Waals surface area contributed by atoms with Gasteiger partial charge in [0.2, 0.25) is 0 Å². The lowest BCUT2D eigenvalue weighted by atomic mass is 9.64. The van der Waals surface area contributed by atoms with Crippen molar-refractivity contribution in [3.8, 4) is 0 Å². The molecule has 2 heteroatoms. The molecule has 2 fully saturated rings. The molecular weight excluding hydrogens is 239 g/mol. The van der Waals surface area contributed by atoms with Crippen LogP contribution in [-0.4, -0.2) is 4.33 Å².